The Kier molecular flexibility index (Phi) is 5.44. The Hall–Kier alpha value is -1.56. The maximum absolute atomic E-state index is 6.17. The number of aromatic nitrogens is 1. The molecule has 1 unspecified atom stereocenters. The number of nitrogens with zero attached hydrogens (tertiary/aromatic N) is 2. The first-order valence-electron chi connectivity index (χ1n) is 10.3. The van der Waals surface area contributed by atoms with E-state index in [2.05, 4.69) is 41.1 Å². The molecule has 1 saturated carbocycles. The summed E-state index contributed by atoms with van der Waals surface area (Å²) in [5.74, 6) is 0.910. The van der Waals surface area contributed by atoms with E-state index in [4.69, 9.17) is 9.47 Å². The molecule has 0 amide bonds. The molecule has 5 heteroatoms. The van der Waals surface area contributed by atoms with Gasteiger partial charge in [0, 0.05) is 43.3 Å². The number of nitrogens with one attached hydrogen (secondary N) is 1. The average molecular weight is 372 g/mol. The van der Waals surface area contributed by atoms with E-state index in [0.29, 0.717) is 5.41 Å². The Labute approximate surface area is 162 Å². The summed E-state index contributed by atoms with van der Waals surface area (Å²) in [6.07, 6.45) is 7.15. The van der Waals surface area contributed by atoms with Crippen LogP contribution in [-0.4, -0.2) is 68.0 Å². The standard InChI is InChI=1S/C22H33N3O2/c1-17(26-13-12-25-15-22(16-25)9-5-10-22)27-20-7-4-6-19-21(20)18(14-23-19)8-11-24(2)3/h4,6-7,14,17,23H,5,8-13,15-16H2,1-3H3. The Bertz CT molecular complexity index is 758. The third kappa shape index (κ3) is 4.15. The number of aromatic amines is 1. The molecule has 27 heavy (non-hydrogen) atoms. The van der Waals surface area contributed by atoms with Crippen molar-refractivity contribution in [1.82, 2.24) is 14.8 Å². The predicted molar refractivity (Wildman–Crippen MR) is 109 cm³/mol. The third-order valence-corrected chi connectivity index (χ3v) is 6.16. The fourth-order valence-corrected chi connectivity index (χ4v) is 4.47. The van der Waals surface area contributed by atoms with Crippen molar-refractivity contribution in [2.24, 2.45) is 5.41 Å². The van der Waals surface area contributed by atoms with Crippen LogP contribution in [-0.2, 0) is 11.2 Å². The topological polar surface area (TPSA) is 40.7 Å². The summed E-state index contributed by atoms with van der Waals surface area (Å²) in [6.45, 7) is 7.29. The Morgan fingerprint density at radius 1 is 1.26 bits per heavy atom. The van der Waals surface area contributed by atoms with Crippen LogP contribution in [0.2, 0.25) is 0 Å². The van der Waals surface area contributed by atoms with Gasteiger partial charge in [-0.15, -0.1) is 0 Å². The minimum Gasteiger partial charge on any atom is -0.465 e. The van der Waals surface area contributed by atoms with Crippen molar-refractivity contribution < 1.29 is 9.47 Å². The van der Waals surface area contributed by atoms with Crippen molar-refractivity contribution in [3.8, 4) is 5.75 Å². The molecule has 2 heterocycles. The number of hydrogen-bond donors (Lipinski definition) is 1. The van der Waals surface area contributed by atoms with Crippen molar-refractivity contribution in [3.05, 3.63) is 30.0 Å². The molecule has 1 aliphatic heterocycles. The zero-order chi connectivity index (χ0) is 18.9. The van der Waals surface area contributed by atoms with Gasteiger partial charge in [-0.25, -0.2) is 0 Å². The summed E-state index contributed by atoms with van der Waals surface area (Å²) in [4.78, 5) is 8.09. The van der Waals surface area contributed by atoms with Gasteiger partial charge in [0.25, 0.3) is 0 Å². The lowest BCUT2D eigenvalue weighted by atomic mass is 9.63. The Balaban J connectivity index is 1.30. The van der Waals surface area contributed by atoms with E-state index in [9.17, 15) is 0 Å². The number of benzene rings is 1. The Morgan fingerprint density at radius 2 is 2.07 bits per heavy atom. The van der Waals surface area contributed by atoms with Gasteiger partial charge in [-0.1, -0.05) is 12.5 Å². The number of H-pyrrole nitrogens is 1. The molecule has 1 aromatic heterocycles. The van der Waals surface area contributed by atoms with E-state index >= 15 is 0 Å². The summed E-state index contributed by atoms with van der Waals surface area (Å²) in [5, 5.41) is 1.18. The van der Waals surface area contributed by atoms with Crippen LogP contribution in [0.5, 0.6) is 5.75 Å². The second-order valence-electron chi connectivity index (χ2n) is 8.67. The summed E-state index contributed by atoms with van der Waals surface area (Å²) < 4.78 is 12.1. The lowest BCUT2D eigenvalue weighted by Crippen LogP contribution is -2.60. The van der Waals surface area contributed by atoms with Crippen LogP contribution in [0.25, 0.3) is 10.9 Å². The molecule has 0 radical (unpaired) electrons. The molecule has 1 atom stereocenters. The lowest BCUT2D eigenvalue weighted by molar-refractivity contribution is -0.102. The highest BCUT2D eigenvalue weighted by molar-refractivity contribution is 5.89. The van der Waals surface area contributed by atoms with Crippen LogP contribution in [0.3, 0.4) is 0 Å². The lowest BCUT2D eigenvalue weighted by Gasteiger charge is -2.56. The van der Waals surface area contributed by atoms with E-state index in [-0.39, 0.29) is 6.29 Å². The van der Waals surface area contributed by atoms with E-state index in [0.717, 1.165) is 37.4 Å². The Morgan fingerprint density at radius 3 is 2.78 bits per heavy atom. The molecule has 2 aromatic rings. The van der Waals surface area contributed by atoms with Gasteiger partial charge in [-0.2, -0.15) is 0 Å². The van der Waals surface area contributed by atoms with E-state index < -0.39 is 0 Å². The first-order chi connectivity index (χ1) is 13.0. The van der Waals surface area contributed by atoms with Gasteiger partial charge in [0.15, 0.2) is 6.29 Å². The highest BCUT2D eigenvalue weighted by Crippen LogP contribution is 2.47. The predicted octanol–water partition coefficient (Wildman–Crippen LogP) is 3.50. The maximum Gasteiger partial charge on any atom is 0.197 e. The first-order valence-corrected chi connectivity index (χ1v) is 10.3. The van der Waals surface area contributed by atoms with Crippen molar-refractivity contribution in [1.29, 1.82) is 0 Å². The minimum atomic E-state index is -0.244. The van der Waals surface area contributed by atoms with Gasteiger partial charge in [0.05, 0.1) is 6.61 Å². The van der Waals surface area contributed by atoms with Crippen molar-refractivity contribution in [2.45, 2.75) is 38.9 Å². The quantitative estimate of drug-likeness (QED) is 0.685. The van der Waals surface area contributed by atoms with Crippen molar-refractivity contribution in [2.75, 3.05) is 46.9 Å². The zero-order valence-electron chi connectivity index (χ0n) is 17.0. The van der Waals surface area contributed by atoms with Crippen LogP contribution in [0.4, 0.5) is 0 Å². The van der Waals surface area contributed by atoms with Gasteiger partial charge < -0.3 is 19.4 Å². The van der Waals surface area contributed by atoms with Crippen molar-refractivity contribution >= 4 is 10.9 Å². The summed E-state index contributed by atoms with van der Waals surface area (Å²) >= 11 is 0. The van der Waals surface area contributed by atoms with E-state index in [1.807, 2.05) is 19.1 Å². The van der Waals surface area contributed by atoms with E-state index in [1.165, 1.54) is 43.3 Å². The molecular formula is C22H33N3O2. The SMILES string of the molecule is CC(OCCN1CC2(CCC2)C1)Oc1cccc2[nH]cc(CCN(C)C)c12. The van der Waals surface area contributed by atoms with Gasteiger partial charge in [0.2, 0.25) is 0 Å². The summed E-state index contributed by atoms with van der Waals surface area (Å²) in [7, 11) is 4.21. The fourth-order valence-electron chi connectivity index (χ4n) is 4.47. The van der Waals surface area contributed by atoms with Gasteiger partial charge >= 0.3 is 0 Å². The smallest absolute Gasteiger partial charge is 0.197 e. The molecule has 1 N–H and O–H groups in total. The van der Waals surface area contributed by atoms with Crippen LogP contribution in [0.1, 0.15) is 31.7 Å². The molecule has 5 nitrogen and oxygen atoms in total. The largest absolute Gasteiger partial charge is 0.465 e. The molecule has 4 rings (SSSR count). The molecule has 1 spiro atoms. The second kappa shape index (κ2) is 7.82. The number of ether oxygens (including phenoxy) is 2. The zero-order valence-corrected chi connectivity index (χ0v) is 17.0. The van der Waals surface area contributed by atoms with Crippen molar-refractivity contribution in [3.63, 3.8) is 0 Å². The third-order valence-electron chi connectivity index (χ3n) is 6.16. The van der Waals surface area contributed by atoms with Crippen LogP contribution >= 0.6 is 0 Å². The van der Waals surface area contributed by atoms with Gasteiger partial charge in [-0.3, -0.25) is 4.90 Å². The van der Waals surface area contributed by atoms with Crippen LogP contribution in [0.15, 0.2) is 24.4 Å². The minimum absolute atomic E-state index is 0.244. The molecule has 1 saturated heterocycles. The number of likely N-dealkylation sites (tertiary alicyclic amines) is 1. The van der Waals surface area contributed by atoms with Crippen LogP contribution in [0, 0.1) is 5.41 Å². The molecule has 2 fully saturated rings. The average Bonchev–Trinajstić information content (AvgIpc) is 2.97. The number of rotatable bonds is 9. The van der Waals surface area contributed by atoms with Gasteiger partial charge in [0.1, 0.15) is 5.75 Å². The molecule has 148 valence electrons. The number of hydrogen-bond acceptors (Lipinski definition) is 4. The molecule has 2 aliphatic rings. The monoisotopic (exact) mass is 371 g/mol. The molecular weight excluding hydrogens is 338 g/mol. The van der Waals surface area contributed by atoms with Crippen LogP contribution < -0.4 is 4.74 Å². The first kappa shape index (κ1) is 18.8. The van der Waals surface area contributed by atoms with E-state index in [1.54, 1.807) is 0 Å². The summed E-state index contributed by atoms with van der Waals surface area (Å²) in [6, 6.07) is 6.19. The maximum atomic E-state index is 6.17. The molecule has 1 aromatic carbocycles. The highest BCUT2D eigenvalue weighted by Gasteiger charge is 2.46. The highest BCUT2D eigenvalue weighted by atomic mass is 16.7. The number of fused-ring (bicyclic) bond motifs is 1. The number of likely N-dealkylation sites (N-methyl/N-ethyl adjacent to an activating group) is 1. The summed E-state index contributed by atoms with van der Waals surface area (Å²) in [5.41, 5.74) is 3.11. The fraction of sp³-hybridized carbons (Fsp3) is 0.636. The molecule has 1 aliphatic carbocycles. The second-order valence-corrected chi connectivity index (χ2v) is 8.67. The normalized spacial score (nSPS) is 20.0. The molecule has 0 bridgehead atoms. The van der Waals surface area contributed by atoms with Gasteiger partial charge in [-0.05, 0) is 63.4 Å².